The van der Waals surface area contributed by atoms with Gasteiger partial charge in [0.2, 0.25) is 11.8 Å². The van der Waals surface area contributed by atoms with Crippen molar-refractivity contribution in [3.63, 3.8) is 0 Å². The zero-order valence-electron chi connectivity index (χ0n) is 12.1. The lowest BCUT2D eigenvalue weighted by Crippen LogP contribution is -2.44. The number of carbonyl (C=O) groups excluding carboxylic acids is 3. The number of hydrogen-bond acceptors (Lipinski definition) is 4. The number of imide groups is 1. The fourth-order valence-corrected chi connectivity index (χ4v) is 1.44. The van der Waals surface area contributed by atoms with Crippen molar-refractivity contribution in [2.45, 2.75) is 26.7 Å². The van der Waals surface area contributed by atoms with E-state index in [-0.39, 0.29) is 25.3 Å². The second-order valence-electron chi connectivity index (χ2n) is 5.43. The van der Waals surface area contributed by atoms with E-state index >= 15 is 0 Å². The first-order chi connectivity index (χ1) is 9.03. The highest BCUT2D eigenvalue weighted by Crippen LogP contribution is 2.24. The van der Waals surface area contributed by atoms with Gasteiger partial charge >= 0.3 is 12.0 Å². The molecule has 0 radical (unpaired) electrons. The monoisotopic (exact) mass is 287 g/mol. The first kappa shape index (κ1) is 17.9. The van der Waals surface area contributed by atoms with Crippen LogP contribution >= 0.6 is 0 Å². The van der Waals surface area contributed by atoms with Crippen molar-refractivity contribution in [3.05, 3.63) is 0 Å². The summed E-state index contributed by atoms with van der Waals surface area (Å²) in [4.78, 5) is 46.1. The first-order valence-corrected chi connectivity index (χ1v) is 6.03. The molecule has 0 aliphatic heterocycles. The van der Waals surface area contributed by atoms with Crippen LogP contribution in [-0.4, -0.2) is 54.5 Å². The molecule has 0 unspecified atom stereocenters. The molecule has 0 saturated carbocycles. The van der Waals surface area contributed by atoms with Gasteiger partial charge in [-0.2, -0.15) is 0 Å². The summed E-state index contributed by atoms with van der Waals surface area (Å²) in [5.74, 6) is -1.91. The van der Waals surface area contributed by atoms with Crippen molar-refractivity contribution >= 4 is 23.8 Å². The summed E-state index contributed by atoms with van der Waals surface area (Å²) >= 11 is 0. The second-order valence-corrected chi connectivity index (χ2v) is 5.43. The summed E-state index contributed by atoms with van der Waals surface area (Å²) in [6.07, 6.45) is -0.282. The molecular weight excluding hydrogens is 266 g/mol. The van der Waals surface area contributed by atoms with Gasteiger partial charge in [0, 0.05) is 20.5 Å². The van der Waals surface area contributed by atoms with Crippen LogP contribution in [0.25, 0.3) is 0 Å². The molecule has 0 aromatic rings. The molecule has 114 valence electrons. The Labute approximate surface area is 117 Å². The lowest BCUT2D eigenvalue weighted by molar-refractivity contribution is -0.139. The van der Waals surface area contributed by atoms with E-state index in [0.717, 1.165) is 0 Å². The molecular formula is C12H21N3O5. The van der Waals surface area contributed by atoms with Crippen LogP contribution in [0.1, 0.15) is 26.7 Å². The van der Waals surface area contributed by atoms with E-state index in [9.17, 15) is 19.2 Å². The molecule has 0 heterocycles. The van der Waals surface area contributed by atoms with Crippen LogP contribution in [0.15, 0.2) is 0 Å². The molecule has 0 rings (SSSR count). The van der Waals surface area contributed by atoms with Crippen LogP contribution < -0.4 is 10.6 Å². The van der Waals surface area contributed by atoms with Gasteiger partial charge in [0.25, 0.3) is 0 Å². The number of amides is 4. The third kappa shape index (κ3) is 8.06. The fraction of sp³-hybridized carbons (Fsp3) is 0.667. The standard InChI is InChI=1S/C12H21N3O5/c1-12(2,6-10(18)19)5-8(16)14-11(20)13-7-9(17)15(3)4/h5-7H2,1-4H3,(H,18,19)(H2,13,14,16,20). The molecule has 0 aromatic carbocycles. The van der Waals surface area contributed by atoms with Gasteiger partial charge in [0.15, 0.2) is 0 Å². The van der Waals surface area contributed by atoms with Crippen molar-refractivity contribution in [1.82, 2.24) is 15.5 Å². The van der Waals surface area contributed by atoms with E-state index in [1.54, 1.807) is 27.9 Å². The summed E-state index contributed by atoms with van der Waals surface area (Å²) < 4.78 is 0. The molecule has 0 bridgehead atoms. The molecule has 8 heteroatoms. The maximum absolute atomic E-state index is 11.6. The summed E-state index contributed by atoms with van der Waals surface area (Å²) in [5, 5.41) is 13.0. The lowest BCUT2D eigenvalue weighted by atomic mass is 9.85. The molecule has 0 aliphatic carbocycles. The minimum absolute atomic E-state index is 0.103. The van der Waals surface area contributed by atoms with Crippen LogP contribution in [0, 0.1) is 5.41 Å². The van der Waals surface area contributed by atoms with Crippen LogP contribution in [0.5, 0.6) is 0 Å². The number of carboxylic acid groups (broad SMARTS) is 1. The van der Waals surface area contributed by atoms with Crippen LogP contribution in [-0.2, 0) is 14.4 Å². The molecule has 0 aliphatic rings. The number of urea groups is 1. The average molecular weight is 287 g/mol. The Morgan fingerprint density at radius 1 is 1.10 bits per heavy atom. The van der Waals surface area contributed by atoms with Crippen molar-refractivity contribution in [2.24, 2.45) is 5.41 Å². The normalized spacial score (nSPS) is 10.6. The predicted molar refractivity (Wildman–Crippen MR) is 70.9 cm³/mol. The zero-order valence-corrected chi connectivity index (χ0v) is 12.1. The molecule has 0 spiro atoms. The van der Waals surface area contributed by atoms with Gasteiger partial charge in [-0.15, -0.1) is 0 Å². The van der Waals surface area contributed by atoms with Crippen LogP contribution in [0.4, 0.5) is 4.79 Å². The number of aliphatic carboxylic acids is 1. The van der Waals surface area contributed by atoms with Gasteiger partial charge < -0.3 is 15.3 Å². The highest BCUT2D eigenvalue weighted by Gasteiger charge is 2.26. The molecule has 0 aromatic heterocycles. The maximum Gasteiger partial charge on any atom is 0.321 e. The third-order valence-electron chi connectivity index (χ3n) is 2.42. The average Bonchev–Trinajstić information content (AvgIpc) is 2.22. The topological polar surface area (TPSA) is 116 Å². The highest BCUT2D eigenvalue weighted by molar-refractivity contribution is 5.96. The van der Waals surface area contributed by atoms with E-state index in [1.165, 1.54) is 4.90 Å². The van der Waals surface area contributed by atoms with E-state index in [0.29, 0.717) is 0 Å². The van der Waals surface area contributed by atoms with Gasteiger partial charge in [0.1, 0.15) is 0 Å². The fourth-order valence-electron chi connectivity index (χ4n) is 1.44. The minimum atomic E-state index is -1.01. The SMILES string of the molecule is CN(C)C(=O)CNC(=O)NC(=O)CC(C)(C)CC(=O)O. The second kappa shape index (κ2) is 7.46. The Kier molecular flexibility index (Phi) is 6.67. The van der Waals surface area contributed by atoms with Crippen molar-refractivity contribution in [1.29, 1.82) is 0 Å². The number of carboxylic acids is 1. The van der Waals surface area contributed by atoms with E-state index < -0.39 is 23.3 Å². The van der Waals surface area contributed by atoms with Gasteiger partial charge in [-0.1, -0.05) is 13.8 Å². The Hall–Kier alpha value is -2.12. The predicted octanol–water partition coefficient (Wildman–Crippen LogP) is -0.209. The third-order valence-corrected chi connectivity index (χ3v) is 2.42. The molecule has 8 nitrogen and oxygen atoms in total. The van der Waals surface area contributed by atoms with E-state index in [2.05, 4.69) is 10.6 Å². The number of carbonyl (C=O) groups is 4. The molecule has 20 heavy (non-hydrogen) atoms. The number of hydrogen-bond donors (Lipinski definition) is 3. The smallest absolute Gasteiger partial charge is 0.321 e. The number of rotatable bonds is 6. The number of nitrogens with zero attached hydrogens (tertiary/aromatic N) is 1. The van der Waals surface area contributed by atoms with Crippen molar-refractivity contribution < 1.29 is 24.3 Å². The van der Waals surface area contributed by atoms with E-state index in [4.69, 9.17) is 5.11 Å². The Morgan fingerprint density at radius 2 is 1.65 bits per heavy atom. The van der Waals surface area contributed by atoms with Gasteiger partial charge in [-0.25, -0.2) is 4.79 Å². The molecule has 4 amide bonds. The van der Waals surface area contributed by atoms with Gasteiger partial charge in [-0.3, -0.25) is 19.7 Å². The van der Waals surface area contributed by atoms with Crippen LogP contribution in [0.3, 0.4) is 0 Å². The Morgan fingerprint density at radius 3 is 2.10 bits per heavy atom. The Bertz CT molecular complexity index is 404. The lowest BCUT2D eigenvalue weighted by Gasteiger charge is -2.21. The van der Waals surface area contributed by atoms with Gasteiger partial charge in [-0.05, 0) is 5.41 Å². The molecule has 0 saturated heterocycles. The maximum atomic E-state index is 11.6. The Balaban J connectivity index is 4.17. The largest absolute Gasteiger partial charge is 0.481 e. The minimum Gasteiger partial charge on any atom is -0.481 e. The highest BCUT2D eigenvalue weighted by atomic mass is 16.4. The van der Waals surface area contributed by atoms with Crippen molar-refractivity contribution in [3.8, 4) is 0 Å². The van der Waals surface area contributed by atoms with Gasteiger partial charge in [0.05, 0.1) is 13.0 Å². The van der Waals surface area contributed by atoms with E-state index in [1.807, 2.05) is 0 Å². The van der Waals surface area contributed by atoms with Crippen LogP contribution in [0.2, 0.25) is 0 Å². The summed E-state index contributed by atoms with van der Waals surface area (Å²) in [6.45, 7) is 3.02. The quantitative estimate of drug-likeness (QED) is 0.625. The molecule has 3 N–H and O–H groups in total. The summed E-state index contributed by atoms with van der Waals surface area (Å²) in [5.41, 5.74) is -0.754. The summed E-state index contributed by atoms with van der Waals surface area (Å²) in [6, 6.07) is -0.781. The number of likely N-dealkylation sites (N-methyl/N-ethyl adjacent to an activating group) is 1. The first-order valence-electron chi connectivity index (χ1n) is 6.03. The number of nitrogens with one attached hydrogen (secondary N) is 2. The zero-order chi connectivity index (χ0) is 15.9. The van der Waals surface area contributed by atoms with Crippen molar-refractivity contribution in [2.75, 3.05) is 20.6 Å². The summed E-state index contributed by atoms with van der Waals surface area (Å²) in [7, 11) is 3.09. The molecule has 0 atom stereocenters. The molecule has 0 fully saturated rings.